The first-order chi connectivity index (χ1) is 5.75. The summed E-state index contributed by atoms with van der Waals surface area (Å²) in [5.74, 6) is 0. The van der Waals surface area contributed by atoms with Crippen LogP contribution in [0.4, 0.5) is 0 Å². The average Bonchev–Trinajstić information content (AvgIpc) is 2.36. The van der Waals surface area contributed by atoms with E-state index in [2.05, 4.69) is 42.8 Å². The van der Waals surface area contributed by atoms with E-state index >= 15 is 0 Å². The maximum Gasteiger partial charge on any atom is 0.0406 e. The highest BCUT2D eigenvalue weighted by Crippen LogP contribution is 2.07. The Hall–Kier alpha value is -1.24. The van der Waals surface area contributed by atoms with Gasteiger partial charge in [0, 0.05) is 18.4 Å². The largest absolute Gasteiger partial charge is 0.348 e. The summed E-state index contributed by atoms with van der Waals surface area (Å²) in [7, 11) is 2.07. The molecule has 0 unspecified atom stereocenters. The van der Waals surface area contributed by atoms with Crippen LogP contribution < -0.4 is 0 Å². The quantitative estimate of drug-likeness (QED) is 0.588. The van der Waals surface area contributed by atoms with Crippen LogP contribution in [0.2, 0.25) is 0 Å². The van der Waals surface area contributed by atoms with Gasteiger partial charge in [-0.15, -0.1) is 0 Å². The van der Waals surface area contributed by atoms with Gasteiger partial charge in [0.25, 0.3) is 0 Å². The van der Waals surface area contributed by atoms with Gasteiger partial charge in [-0.3, -0.25) is 0 Å². The van der Waals surface area contributed by atoms with E-state index in [-0.39, 0.29) is 0 Å². The molecule has 0 aliphatic heterocycles. The van der Waals surface area contributed by atoms with Gasteiger partial charge in [0.1, 0.15) is 0 Å². The smallest absolute Gasteiger partial charge is 0.0406 e. The maximum atomic E-state index is 2.17. The Morgan fingerprint density at radius 3 is 2.50 bits per heavy atom. The topological polar surface area (TPSA) is 4.93 Å². The molecule has 0 fully saturated rings. The van der Waals surface area contributed by atoms with Crippen molar-refractivity contribution in [2.75, 3.05) is 0 Å². The number of hydrogen-bond acceptors (Lipinski definition) is 0. The lowest BCUT2D eigenvalue weighted by atomic mass is 10.3. The van der Waals surface area contributed by atoms with Crippen molar-refractivity contribution < 1.29 is 0 Å². The average molecular weight is 161 g/mol. The van der Waals surface area contributed by atoms with E-state index < -0.39 is 0 Å². The number of aromatic nitrogens is 1. The number of allylic oxidation sites excluding steroid dienone is 3. The molecule has 0 N–H and O–H groups in total. The number of nitrogens with zero attached hydrogens (tertiary/aromatic N) is 1. The molecule has 0 atom stereocenters. The lowest BCUT2D eigenvalue weighted by molar-refractivity contribution is 0.871. The fourth-order valence-corrected chi connectivity index (χ4v) is 1.07. The normalized spacial score (nSPS) is 11.9. The minimum absolute atomic E-state index is 1.24. The van der Waals surface area contributed by atoms with Gasteiger partial charge in [-0.25, -0.2) is 0 Å². The molecule has 0 aliphatic rings. The molecule has 0 aromatic carbocycles. The van der Waals surface area contributed by atoms with E-state index in [0.29, 0.717) is 0 Å². The Balaban J connectivity index is 2.82. The van der Waals surface area contributed by atoms with Crippen molar-refractivity contribution in [2.24, 2.45) is 7.05 Å². The van der Waals surface area contributed by atoms with E-state index in [4.69, 9.17) is 0 Å². The van der Waals surface area contributed by atoms with Crippen molar-refractivity contribution in [3.05, 3.63) is 41.7 Å². The molecule has 0 saturated heterocycles. The molecule has 0 aliphatic carbocycles. The van der Waals surface area contributed by atoms with Crippen LogP contribution >= 0.6 is 0 Å². The standard InChI is InChI=1S/C11H15N/c1-4-5-6-7-11-9-8-10(2)12(11)3/h4-9H,1-3H3/b5-4-,7-6-. The Morgan fingerprint density at radius 2 is 2.00 bits per heavy atom. The molecule has 0 radical (unpaired) electrons. The first kappa shape index (κ1) is 8.85. The second-order valence-corrected chi connectivity index (χ2v) is 2.84. The van der Waals surface area contributed by atoms with E-state index in [1.54, 1.807) is 0 Å². The summed E-state index contributed by atoms with van der Waals surface area (Å²) < 4.78 is 2.17. The van der Waals surface area contributed by atoms with Crippen LogP contribution in [-0.4, -0.2) is 4.57 Å². The molecular weight excluding hydrogens is 146 g/mol. The summed E-state index contributed by atoms with van der Waals surface area (Å²) in [6, 6.07) is 4.24. The summed E-state index contributed by atoms with van der Waals surface area (Å²) in [5.41, 5.74) is 2.53. The van der Waals surface area contributed by atoms with E-state index in [1.165, 1.54) is 11.4 Å². The fourth-order valence-electron chi connectivity index (χ4n) is 1.07. The molecule has 1 nitrogen and oxygen atoms in total. The third-order valence-corrected chi connectivity index (χ3v) is 1.98. The zero-order valence-corrected chi connectivity index (χ0v) is 7.91. The lowest BCUT2D eigenvalue weighted by Gasteiger charge is -1.98. The highest BCUT2D eigenvalue weighted by Gasteiger charge is 1.94. The third-order valence-electron chi connectivity index (χ3n) is 1.98. The molecule has 1 aromatic heterocycles. The summed E-state index contributed by atoms with van der Waals surface area (Å²) in [6.07, 6.45) is 8.20. The molecule has 12 heavy (non-hydrogen) atoms. The van der Waals surface area contributed by atoms with E-state index in [1.807, 2.05) is 19.1 Å². The molecule has 0 amide bonds. The minimum atomic E-state index is 1.24. The highest BCUT2D eigenvalue weighted by atomic mass is 14.9. The predicted molar refractivity (Wildman–Crippen MR) is 54.0 cm³/mol. The van der Waals surface area contributed by atoms with E-state index in [0.717, 1.165) is 0 Å². The molecule has 64 valence electrons. The zero-order valence-electron chi connectivity index (χ0n) is 7.91. The van der Waals surface area contributed by atoms with Crippen molar-refractivity contribution in [2.45, 2.75) is 13.8 Å². The van der Waals surface area contributed by atoms with Crippen LogP contribution in [0.5, 0.6) is 0 Å². The molecule has 1 aromatic rings. The van der Waals surface area contributed by atoms with Crippen LogP contribution in [0.3, 0.4) is 0 Å². The van der Waals surface area contributed by atoms with Gasteiger partial charge in [-0.2, -0.15) is 0 Å². The highest BCUT2D eigenvalue weighted by molar-refractivity contribution is 5.48. The zero-order chi connectivity index (χ0) is 8.97. The van der Waals surface area contributed by atoms with Gasteiger partial charge in [-0.1, -0.05) is 18.2 Å². The molecule has 1 heterocycles. The van der Waals surface area contributed by atoms with Crippen LogP contribution in [0.15, 0.2) is 30.4 Å². The second kappa shape index (κ2) is 3.96. The summed E-state index contributed by atoms with van der Waals surface area (Å²) in [5, 5.41) is 0. The van der Waals surface area contributed by atoms with E-state index in [9.17, 15) is 0 Å². The van der Waals surface area contributed by atoms with Crippen molar-refractivity contribution in [1.82, 2.24) is 4.57 Å². The second-order valence-electron chi connectivity index (χ2n) is 2.84. The van der Waals surface area contributed by atoms with Gasteiger partial charge in [0.05, 0.1) is 0 Å². The molecule has 0 bridgehead atoms. The fraction of sp³-hybridized carbons (Fsp3) is 0.273. The number of aryl methyl sites for hydroxylation is 1. The van der Waals surface area contributed by atoms with Crippen LogP contribution in [0, 0.1) is 6.92 Å². The van der Waals surface area contributed by atoms with Gasteiger partial charge >= 0.3 is 0 Å². The summed E-state index contributed by atoms with van der Waals surface area (Å²) >= 11 is 0. The Morgan fingerprint density at radius 1 is 1.25 bits per heavy atom. The lowest BCUT2D eigenvalue weighted by Crippen LogP contribution is -1.91. The first-order valence-corrected chi connectivity index (χ1v) is 4.17. The van der Waals surface area contributed by atoms with Crippen LogP contribution in [-0.2, 0) is 7.05 Å². The van der Waals surface area contributed by atoms with Crippen LogP contribution in [0.25, 0.3) is 6.08 Å². The Kier molecular flexibility index (Phi) is 2.92. The maximum absolute atomic E-state index is 2.17. The van der Waals surface area contributed by atoms with Gasteiger partial charge < -0.3 is 4.57 Å². The molecule has 0 saturated carbocycles. The Labute approximate surface area is 74.0 Å². The summed E-state index contributed by atoms with van der Waals surface area (Å²) in [6.45, 7) is 4.12. The molecular formula is C11H15N. The van der Waals surface area contributed by atoms with Crippen molar-refractivity contribution in [3.63, 3.8) is 0 Å². The van der Waals surface area contributed by atoms with Gasteiger partial charge in [0.2, 0.25) is 0 Å². The van der Waals surface area contributed by atoms with Crippen molar-refractivity contribution >= 4 is 6.08 Å². The predicted octanol–water partition coefficient (Wildman–Crippen LogP) is 2.92. The summed E-state index contributed by atoms with van der Waals surface area (Å²) in [4.78, 5) is 0. The van der Waals surface area contributed by atoms with Crippen molar-refractivity contribution in [1.29, 1.82) is 0 Å². The molecule has 1 rings (SSSR count). The number of hydrogen-bond donors (Lipinski definition) is 0. The minimum Gasteiger partial charge on any atom is -0.348 e. The first-order valence-electron chi connectivity index (χ1n) is 4.17. The monoisotopic (exact) mass is 161 g/mol. The molecule has 1 heteroatoms. The van der Waals surface area contributed by atoms with Gasteiger partial charge in [-0.05, 0) is 32.1 Å². The van der Waals surface area contributed by atoms with Crippen molar-refractivity contribution in [3.8, 4) is 0 Å². The van der Waals surface area contributed by atoms with Crippen LogP contribution in [0.1, 0.15) is 18.3 Å². The van der Waals surface area contributed by atoms with Gasteiger partial charge in [0.15, 0.2) is 0 Å². The Bertz CT molecular complexity index is 303. The SMILES string of the molecule is C/C=C\C=C/c1ccc(C)n1C. The third kappa shape index (κ3) is 1.88. The number of rotatable bonds is 2. The molecule has 0 spiro atoms.